The Morgan fingerprint density at radius 1 is 1.40 bits per heavy atom. The summed E-state index contributed by atoms with van der Waals surface area (Å²) >= 11 is 0. The lowest BCUT2D eigenvalue weighted by Crippen LogP contribution is -2.33. The van der Waals surface area contributed by atoms with Crippen molar-refractivity contribution in [2.75, 3.05) is 31.6 Å². The number of pyridine rings is 1. The predicted octanol–water partition coefficient (Wildman–Crippen LogP) is 2.09. The van der Waals surface area contributed by atoms with Crippen LogP contribution in [0.3, 0.4) is 0 Å². The molecule has 2 N–H and O–H groups in total. The second-order valence-electron chi connectivity index (χ2n) is 4.96. The maximum Gasteiger partial charge on any atom is 0.254 e. The molecule has 0 aromatic carbocycles. The number of carbonyl (C=O) groups is 1. The molecule has 1 rings (SSSR count). The molecule has 0 saturated carbocycles. The standard InChI is InChI=1S/C15H25N3O2/c1-5-16-14-10-12(9-13(17-14)11(3)4)15(20)18(6-2)7-8-19/h9-11,19H,5-8H2,1-4H3,(H,16,17). The first-order valence-corrected chi connectivity index (χ1v) is 7.19. The Kier molecular flexibility index (Phi) is 6.45. The smallest absolute Gasteiger partial charge is 0.254 e. The van der Waals surface area contributed by atoms with Gasteiger partial charge in [0.25, 0.3) is 5.91 Å². The number of nitrogens with zero attached hydrogens (tertiary/aromatic N) is 2. The number of carbonyl (C=O) groups excluding carboxylic acids is 1. The van der Waals surface area contributed by atoms with E-state index >= 15 is 0 Å². The lowest BCUT2D eigenvalue weighted by molar-refractivity contribution is 0.0732. The number of anilines is 1. The van der Waals surface area contributed by atoms with Gasteiger partial charge in [-0.1, -0.05) is 13.8 Å². The van der Waals surface area contributed by atoms with Crippen LogP contribution in [0.25, 0.3) is 0 Å². The van der Waals surface area contributed by atoms with Crippen molar-refractivity contribution in [3.63, 3.8) is 0 Å². The summed E-state index contributed by atoms with van der Waals surface area (Å²) in [7, 11) is 0. The van der Waals surface area contributed by atoms with E-state index < -0.39 is 0 Å². The van der Waals surface area contributed by atoms with E-state index in [1.54, 1.807) is 11.0 Å². The van der Waals surface area contributed by atoms with Crippen LogP contribution in [0, 0.1) is 0 Å². The van der Waals surface area contributed by atoms with Crippen molar-refractivity contribution in [3.05, 3.63) is 23.4 Å². The summed E-state index contributed by atoms with van der Waals surface area (Å²) < 4.78 is 0. The Labute approximate surface area is 121 Å². The Bertz CT molecular complexity index is 447. The number of amides is 1. The van der Waals surface area contributed by atoms with E-state index in [4.69, 9.17) is 5.11 Å². The van der Waals surface area contributed by atoms with E-state index in [0.717, 1.165) is 18.1 Å². The third-order valence-corrected chi connectivity index (χ3v) is 3.08. The molecule has 0 spiro atoms. The average Bonchev–Trinajstić information content (AvgIpc) is 2.44. The van der Waals surface area contributed by atoms with Gasteiger partial charge in [-0.15, -0.1) is 0 Å². The van der Waals surface area contributed by atoms with Crippen LogP contribution in [0.2, 0.25) is 0 Å². The molecule has 0 aliphatic heterocycles. The first-order chi connectivity index (χ1) is 9.53. The van der Waals surface area contributed by atoms with Crippen LogP contribution in [-0.4, -0.2) is 47.1 Å². The molecule has 0 radical (unpaired) electrons. The molecule has 1 aromatic rings. The first-order valence-electron chi connectivity index (χ1n) is 7.19. The number of rotatable bonds is 7. The number of hydrogen-bond acceptors (Lipinski definition) is 4. The van der Waals surface area contributed by atoms with Crippen molar-refractivity contribution in [2.45, 2.75) is 33.6 Å². The fourth-order valence-corrected chi connectivity index (χ4v) is 1.95. The molecule has 112 valence electrons. The molecule has 0 fully saturated rings. The Hall–Kier alpha value is -1.62. The number of nitrogens with one attached hydrogen (secondary N) is 1. The van der Waals surface area contributed by atoms with Crippen molar-refractivity contribution < 1.29 is 9.90 Å². The molecule has 0 saturated heterocycles. The second kappa shape index (κ2) is 7.85. The molecule has 0 aliphatic carbocycles. The maximum absolute atomic E-state index is 12.5. The summed E-state index contributed by atoms with van der Waals surface area (Å²) in [5.74, 6) is 0.917. The summed E-state index contributed by atoms with van der Waals surface area (Å²) in [6, 6.07) is 3.62. The van der Waals surface area contributed by atoms with Crippen LogP contribution < -0.4 is 5.32 Å². The monoisotopic (exact) mass is 279 g/mol. The topological polar surface area (TPSA) is 65.5 Å². The molecule has 5 heteroatoms. The van der Waals surface area contributed by atoms with E-state index in [1.165, 1.54) is 0 Å². The maximum atomic E-state index is 12.5. The Morgan fingerprint density at radius 2 is 2.10 bits per heavy atom. The van der Waals surface area contributed by atoms with Crippen molar-refractivity contribution in [2.24, 2.45) is 0 Å². The van der Waals surface area contributed by atoms with Crippen LogP contribution in [-0.2, 0) is 0 Å². The van der Waals surface area contributed by atoms with E-state index in [9.17, 15) is 4.79 Å². The van der Waals surface area contributed by atoms with Gasteiger partial charge in [0, 0.05) is 30.9 Å². The minimum Gasteiger partial charge on any atom is -0.395 e. The van der Waals surface area contributed by atoms with Crippen LogP contribution >= 0.6 is 0 Å². The summed E-state index contributed by atoms with van der Waals surface area (Å²) in [6.07, 6.45) is 0. The van der Waals surface area contributed by atoms with Gasteiger partial charge in [0.2, 0.25) is 0 Å². The highest BCUT2D eigenvalue weighted by molar-refractivity contribution is 5.95. The molecule has 0 unspecified atom stereocenters. The van der Waals surface area contributed by atoms with Crippen LogP contribution in [0.1, 0.15) is 49.7 Å². The van der Waals surface area contributed by atoms with Gasteiger partial charge in [0.1, 0.15) is 5.82 Å². The van der Waals surface area contributed by atoms with Crippen molar-refractivity contribution in [3.8, 4) is 0 Å². The van der Waals surface area contributed by atoms with Gasteiger partial charge in [-0.05, 0) is 31.9 Å². The lowest BCUT2D eigenvalue weighted by Gasteiger charge is -2.20. The van der Waals surface area contributed by atoms with Crippen LogP contribution in [0.15, 0.2) is 12.1 Å². The highest BCUT2D eigenvalue weighted by Gasteiger charge is 2.16. The molecule has 5 nitrogen and oxygen atoms in total. The molecule has 1 amide bonds. The predicted molar refractivity (Wildman–Crippen MR) is 81.2 cm³/mol. The second-order valence-corrected chi connectivity index (χ2v) is 4.96. The summed E-state index contributed by atoms with van der Waals surface area (Å²) in [5.41, 5.74) is 1.52. The van der Waals surface area contributed by atoms with Gasteiger partial charge >= 0.3 is 0 Å². The zero-order chi connectivity index (χ0) is 15.1. The zero-order valence-electron chi connectivity index (χ0n) is 12.8. The van der Waals surface area contributed by atoms with Crippen LogP contribution in [0.5, 0.6) is 0 Å². The molecule has 0 aliphatic rings. The normalized spacial score (nSPS) is 10.7. The van der Waals surface area contributed by atoms with Gasteiger partial charge in [-0.25, -0.2) is 4.98 Å². The molecule has 20 heavy (non-hydrogen) atoms. The summed E-state index contributed by atoms with van der Waals surface area (Å²) in [6.45, 7) is 9.67. The van der Waals surface area contributed by atoms with Gasteiger partial charge in [-0.3, -0.25) is 4.79 Å². The van der Waals surface area contributed by atoms with Gasteiger partial charge in [0.15, 0.2) is 0 Å². The highest BCUT2D eigenvalue weighted by Crippen LogP contribution is 2.19. The minimum absolute atomic E-state index is 0.0260. The SMILES string of the molecule is CCNc1cc(C(=O)N(CC)CCO)cc(C(C)C)n1. The number of likely N-dealkylation sites (N-methyl/N-ethyl adjacent to an activating group) is 1. The molecule has 0 atom stereocenters. The van der Waals surface area contributed by atoms with Crippen molar-refractivity contribution in [1.82, 2.24) is 9.88 Å². The average molecular weight is 279 g/mol. The fraction of sp³-hybridized carbons (Fsp3) is 0.600. The van der Waals surface area contributed by atoms with Gasteiger partial charge < -0.3 is 15.3 Å². The minimum atomic E-state index is -0.0648. The largest absolute Gasteiger partial charge is 0.395 e. The number of aliphatic hydroxyl groups excluding tert-OH is 1. The van der Waals surface area contributed by atoms with Gasteiger partial charge in [0.05, 0.1) is 6.61 Å². The zero-order valence-corrected chi connectivity index (χ0v) is 12.8. The molecule has 0 bridgehead atoms. The molecular weight excluding hydrogens is 254 g/mol. The number of aliphatic hydroxyl groups is 1. The Morgan fingerprint density at radius 3 is 2.60 bits per heavy atom. The molecule has 1 aromatic heterocycles. The quantitative estimate of drug-likeness (QED) is 0.802. The first kappa shape index (κ1) is 16.4. The highest BCUT2D eigenvalue weighted by atomic mass is 16.3. The summed E-state index contributed by atoms with van der Waals surface area (Å²) in [4.78, 5) is 18.6. The number of hydrogen-bond donors (Lipinski definition) is 2. The van der Waals surface area contributed by atoms with Crippen molar-refractivity contribution in [1.29, 1.82) is 0 Å². The Balaban J connectivity index is 3.11. The lowest BCUT2D eigenvalue weighted by atomic mass is 10.1. The summed E-state index contributed by atoms with van der Waals surface area (Å²) in [5, 5.41) is 12.2. The van der Waals surface area contributed by atoms with E-state index in [1.807, 2.05) is 19.9 Å². The fourth-order valence-electron chi connectivity index (χ4n) is 1.95. The molecule has 1 heterocycles. The van der Waals surface area contributed by atoms with E-state index in [0.29, 0.717) is 18.7 Å². The third kappa shape index (κ3) is 4.20. The van der Waals surface area contributed by atoms with Gasteiger partial charge in [-0.2, -0.15) is 0 Å². The molecular formula is C15H25N3O2. The van der Waals surface area contributed by atoms with E-state index in [-0.39, 0.29) is 18.4 Å². The van der Waals surface area contributed by atoms with E-state index in [2.05, 4.69) is 24.1 Å². The van der Waals surface area contributed by atoms with Crippen LogP contribution in [0.4, 0.5) is 5.82 Å². The third-order valence-electron chi connectivity index (χ3n) is 3.08. The number of aromatic nitrogens is 1. The van der Waals surface area contributed by atoms with Crippen molar-refractivity contribution >= 4 is 11.7 Å².